The number of ether oxygens (including phenoxy) is 1. The fourth-order valence-corrected chi connectivity index (χ4v) is 3.87. The van der Waals surface area contributed by atoms with Crippen molar-refractivity contribution in [2.24, 2.45) is 5.92 Å². The first-order valence-corrected chi connectivity index (χ1v) is 9.48. The van der Waals surface area contributed by atoms with Crippen LogP contribution in [0.4, 0.5) is 5.82 Å². The van der Waals surface area contributed by atoms with E-state index in [4.69, 9.17) is 4.74 Å². The zero-order valence-electron chi connectivity index (χ0n) is 15.9. The highest BCUT2D eigenvalue weighted by atomic mass is 16.5. The molecule has 0 radical (unpaired) electrons. The highest BCUT2D eigenvalue weighted by molar-refractivity contribution is 5.79. The van der Waals surface area contributed by atoms with Crippen LogP contribution in [0, 0.1) is 5.92 Å². The average molecular weight is 370 g/mol. The number of carbonyl (C=O) groups excluding carboxylic acids is 1. The van der Waals surface area contributed by atoms with Crippen molar-refractivity contribution in [1.29, 1.82) is 0 Å². The van der Waals surface area contributed by atoms with Gasteiger partial charge in [0.25, 0.3) is 0 Å². The minimum Gasteiger partial charge on any atom is -0.376 e. The number of aromatic nitrogens is 4. The van der Waals surface area contributed by atoms with E-state index in [2.05, 4.69) is 40.3 Å². The summed E-state index contributed by atoms with van der Waals surface area (Å²) in [5.41, 5.74) is 1.81. The molecule has 4 rings (SSSR count). The van der Waals surface area contributed by atoms with Gasteiger partial charge in [-0.2, -0.15) is 5.10 Å². The van der Waals surface area contributed by atoms with E-state index in [1.54, 1.807) is 18.6 Å². The number of hydrogen-bond acceptors (Lipinski definition) is 6. The molecular formula is C19H26N6O2. The Hall–Kier alpha value is -2.48. The molecule has 2 aromatic heterocycles. The Labute approximate surface area is 158 Å². The van der Waals surface area contributed by atoms with E-state index in [0.717, 1.165) is 36.6 Å². The number of carbonyl (C=O) groups is 1. The van der Waals surface area contributed by atoms with Crippen molar-refractivity contribution in [3.63, 3.8) is 0 Å². The van der Waals surface area contributed by atoms with Crippen LogP contribution in [-0.4, -0.2) is 49.3 Å². The largest absolute Gasteiger partial charge is 0.376 e. The number of nitrogens with zero attached hydrogens (tertiary/aromatic N) is 5. The fourth-order valence-electron chi connectivity index (χ4n) is 3.87. The zero-order valence-corrected chi connectivity index (χ0v) is 15.9. The van der Waals surface area contributed by atoms with E-state index in [1.807, 2.05) is 9.58 Å². The maximum atomic E-state index is 13.0. The van der Waals surface area contributed by atoms with Gasteiger partial charge in [-0.25, -0.2) is 4.98 Å². The highest BCUT2D eigenvalue weighted by Crippen LogP contribution is 2.30. The third-order valence-electron chi connectivity index (χ3n) is 5.22. The Bertz CT molecular complexity index is 804. The quantitative estimate of drug-likeness (QED) is 0.884. The van der Waals surface area contributed by atoms with E-state index in [0.29, 0.717) is 26.2 Å². The Morgan fingerprint density at radius 1 is 1.37 bits per heavy atom. The predicted molar refractivity (Wildman–Crippen MR) is 99.8 cm³/mol. The van der Waals surface area contributed by atoms with Crippen LogP contribution < -0.4 is 5.32 Å². The average Bonchev–Trinajstić information content (AvgIpc) is 3.08. The SMILES string of the molecule is CC1(C)C[C@@H](C(=O)N2CCn3nc(CNc4cnccn4)cc3C2)CCO1. The summed E-state index contributed by atoms with van der Waals surface area (Å²) in [7, 11) is 0. The monoisotopic (exact) mass is 370 g/mol. The Balaban J connectivity index is 1.38. The molecule has 0 aliphatic carbocycles. The third-order valence-corrected chi connectivity index (χ3v) is 5.22. The van der Waals surface area contributed by atoms with Crippen LogP contribution in [0.3, 0.4) is 0 Å². The van der Waals surface area contributed by atoms with E-state index in [1.165, 1.54) is 0 Å². The van der Waals surface area contributed by atoms with Gasteiger partial charge in [0.05, 0.1) is 42.8 Å². The molecule has 144 valence electrons. The van der Waals surface area contributed by atoms with Crippen LogP contribution in [0.25, 0.3) is 0 Å². The minimum atomic E-state index is -0.213. The Kier molecular flexibility index (Phi) is 4.82. The lowest BCUT2D eigenvalue weighted by atomic mass is 9.87. The lowest BCUT2D eigenvalue weighted by Crippen LogP contribution is -2.46. The van der Waals surface area contributed by atoms with Crippen molar-refractivity contribution in [2.45, 2.75) is 51.9 Å². The third kappa shape index (κ3) is 4.10. The van der Waals surface area contributed by atoms with Gasteiger partial charge in [0.1, 0.15) is 5.82 Å². The van der Waals surface area contributed by atoms with E-state index in [9.17, 15) is 4.79 Å². The van der Waals surface area contributed by atoms with Gasteiger partial charge in [-0.1, -0.05) is 0 Å². The van der Waals surface area contributed by atoms with Crippen molar-refractivity contribution in [1.82, 2.24) is 24.6 Å². The molecule has 2 aliphatic rings. The van der Waals surface area contributed by atoms with Crippen LogP contribution in [0.5, 0.6) is 0 Å². The molecule has 1 atom stereocenters. The summed E-state index contributed by atoms with van der Waals surface area (Å²) in [6.45, 7) is 7.44. The molecule has 2 aromatic rings. The van der Waals surface area contributed by atoms with Crippen molar-refractivity contribution in [3.8, 4) is 0 Å². The maximum absolute atomic E-state index is 13.0. The van der Waals surface area contributed by atoms with Crippen LogP contribution in [0.2, 0.25) is 0 Å². The summed E-state index contributed by atoms with van der Waals surface area (Å²) >= 11 is 0. The van der Waals surface area contributed by atoms with E-state index >= 15 is 0 Å². The minimum absolute atomic E-state index is 0.0565. The predicted octanol–water partition coefficient (Wildman–Crippen LogP) is 1.83. The van der Waals surface area contributed by atoms with Gasteiger partial charge in [-0.05, 0) is 32.8 Å². The number of anilines is 1. The first-order valence-electron chi connectivity index (χ1n) is 9.48. The molecule has 8 heteroatoms. The smallest absolute Gasteiger partial charge is 0.226 e. The molecule has 27 heavy (non-hydrogen) atoms. The molecule has 1 amide bonds. The van der Waals surface area contributed by atoms with Gasteiger partial charge >= 0.3 is 0 Å². The highest BCUT2D eigenvalue weighted by Gasteiger charge is 2.36. The molecule has 2 aliphatic heterocycles. The van der Waals surface area contributed by atoms with Crippen molar-refractivity contribution in [2.75, 3.05) is 18.5 Å². The number of hydrogen-bond donors (Lipinski definition) is 1. The summed E-state index contributed by atoms with van der Waals surface area (Å²) in [5.74, 6) is 1.03. The summed E-state index contributed by atoms with van der Waals surface area (Å²) < 4.78 is 7.76. The number of fused-ring (bicyclic) bond motifs is 1. The van der Waals surface area contributed by atoms with Crippen LogP contribution in [0.1, 0.15) is 38.1 Å². The number of nitrogens with one attached hydrogen (secondary N) is 1. The van der Waals surface area contributed by atoms with Crippen LogP contribution >= 0.6 is 0 Å². The van der Waals surface area contributed by atoms with Crippen LogP contribution in [0.15, 0.2) is 24.7 Å². The molecule has 0 bridgehead atoms. The number of rotatable bonds is 4. The van der Waals surface area contributed by atoms with Gasteiger partial charge in [-0.3, -0.25) is 14.5 Å². The lowest BCUT2D eigenvalue weighted by molar-refractivity contribution is -0.146. The van der Waals surface area contributed by atoms with Crippen molar-refractivity contribution in [3.05, 3.63) is 36.0 Å². The topological polar surface area (TPSA) is 85.2 Å². The fraction of sp³-hybridized carbons (Fsp3) is 0.579. The number of amides is 1. The van der Waals surface area contributed by atoms with Crippen LogP contribution in [-0.2, 0) is 29.2 Å². The molecule has 8 nitrogen and oxygen atoms in total. The molecule has 0 unspecified atom stereocenters. The normalized spacial score (nSPS) is 21.6. The molecule has 1 N–H and O–H groups in total. The molecule has 0 aromatic carbocycles. The second-order valence-corrected chi connectivity index (χ2v) is 7.85. The molecule has 1 fully saturated rings. The standard InChI is InChI=1S/C19H26N6O2/c1-19(2)10-14(3-8-27-19)18(26)24-6-7-25-16(13-24)9-15(23-25)11-22-17-12-20-4-5-21-17/h4-5,9,12,14H,3,6-8,10-11,13H2,1-2H3,(H,21,22)/t14-/m0/s1. The second-order valence-electron chi connectivity index (χ2n) is 7.85. The molecule has 4 heterocycles. The van der Waals surface area contributed by atoms with Gasteiger partial charge in [0.2, 0.25) is 5.91 Å². The lowest BCUT2D eigenvalue weighted by Gasteiger charge is -2.38. The van der Waals surface area contributed by atoms with Gasteiger partial charge < -0.3 is 15.0 Å². The summed E-state index contributed by atoms with van der Waals surface area (Å²) in [4.78, 5) is 23.2. The van der Waals surface area contributed by atoms with Gasteiger partial charge in [0, 0.05) is 31.5 Å². The van der Waals surface area contributed by atoms with Crippen molar-refractivity contribution < 1.29 is 9.53 Å². The zero-order chi connectivity index (χ0) is 18.9. The maximum Gasteiger partial charge on any atom is 0.226 e. The summed E-state index contributed by atoms with van der Waals surface area (Å²) in [6.07, 6.45) is 6.58. The summed E-state index contributed by atoms with van der Waals surface area (Å²) in [6, 6.07) is 2.07. The molecule has 0 spiro atoms. The summed E-state index contributed by atoms with van der Waals surface area (Å²) in [5, 5.41) is 7.86. The van der Waals surface area contributed by atoms with Gasteiger partial charge in [0.15, 0.2) is 0 Å². The Morgan fingerprint density at radius 2 is 2.26 bits per heavy atom. The molecule has 0 saturated carbocycles. The van der Waals surface area contributed by atoms with E-state index < -0.39 is 0 Å². The molecular weight excluding hydrogens is 344 g/mol. The van der Waals surface area contributed by atoms with E-state index in [-0.39, 0.29) is 17.4 Å². The van der Waals surface area contributed by atoms with Crippen molar-refractivity contribution >= 4 is 11.7 Å². The first-order chi connectivity index (χ1) is 13.0. The first kappa shape index (κ1) is 17.9. The van der Waals surface area contributed by atoms with Gasteiger partial charge in [-0.15, -0.1) is 0 Å². The Morgan fingerprint density at radius 3 is 3.04 bits per heavy atom. The molecule has 1 saturated heterocycles. The second kappa shape index (κ2) is 7.26.